The van der Waals surface area contributed by atoms with Crippen molar-refractivity contribution in [2.45, 2.75) is 19.3 Å². The molecule has 0 bridgehead atoms. The number of rotatable bonds is 11. The van der Waals surface area contributed by atoms with Gasteiger partial charge in [-0.15, -0.1) is 21.5 Å². The molecule has 2 aliphatic rings. The molecule has 4 heterocycles. The van der Waals surface area contributed by atoms with E-state index in [0.717, 1.165) is 16.2 Å². The van der Waals surface area contributed by atoms with E-state index in [1.54, 1.807) is 23.3 Å². The first-order valence-electron chi connectivity index (χ1n) is 12.6. The summed E-state index contributed by atoms with van der Waals surface area (Å²) in [5, 5.41) is 14.0. The molecule has 0 aliphatic carbocycles. The Morgan fingerprint density at radius 2 is 1.67 bits per heavy atom. The SMILES string of the molecule is COc1ccc(/C=C2\SC(=S)N(CCc3nnc(NC(=O)CCCN4C(=O)/C(=C\c5cccs5)SC4=S)s3)C2=O)cc1. The largest absolute Gasteiger partial charge is 0.497 e. The van der Waals surface area contributed by atoms with Gasteiger partial charge in [0.25, 0.3) is 11.8 Å². The average Bonchev–Trinajstić information content (AvgIpc) is 3.75. The number of thioether (sulfide) groups is 2. The van der Waals surface area contributed by atoms with Crippen LogP contribution in [0.1, 0.15) is 28.3 Å². The molecule has 0 unspecified atom stereocenters. The van der Waals surface area contributed by atoms with E-state index in [1.165, 1.54) is 39.8 Å². The highest BCUT2D eigenvalue weighted by Crippen LogP contribution is 2.34. The zero-order chi connectivity index (χ0) is 29.6. The Kier molecular flexibility index (Phi) is 10.2. The van der Waals surface area contributed by atoms with Gasteiger partial charge in [0, 0.05) is 30.8 Å². The second kappa shape index (κ2) is 14.0. The molecule has 2 fully saturated rings. The molecule has 2 aromatic heterocycles. The topological polar surface area (TPSA) is 105 Å². The van der Waals surface area contributed by atoms with Crippen molar-refractivity contribution in [3.63, 3.8) is 0 Å². The summed E-state index contributed by atoms with van der Waals surface area (Å²) in [5.41, 5.74) is 0.880. The highest BCUT2D eigenvalue weighted by atomic mass is 32.2. The molecule has 216 valence electrons. The number of thiocarbonyl (C=S) groups is 2. The predicted octanol–water partition coefficient (Wildman–Crippen LogP) is 5.67. The summed E-state index contributed by atoms with van der Waals surface area (Å²) in [7, 11) is 1.60. The number of ether oxygens (including phenoxy) is 1. The van der Waals surface area contributed by atoms with E-state index in [0.29, 0.717) is 54.5 Å². The predicted molar refractivity (Wildman–Crippen MR) is 179 cm³/mol. The first kappa shape index (κ1) is 30.5. The van der Waals surface area contributed by atoms with Crippen LogP contribution in [0.15, 0.2) is 51.6 Å². The van der Waals surface area contributed by atoms with Gasteiger partial charge in [-0.2, -0.15) is 0 Å². The Labute approximate surface area is 269 Å². The lowest BCUT2D eigenvalue weighted by Gasteiger charge is -2.13. The second-order valence-electron chi connectivity index (χ2n) is 8.86. The van der Waals surface area contributed by atoms with E-state index >= 15 is 0 Å². The normalized spacial score (nSPS) is 17.3. The third kappa shape index (κ3) is 7.51. The van der Waals surface area contributed by atoms with Gasteiger partial charge in [0.05, 0.1) is 16.9 Å². The zero-order valence-corrected chi connectivity index (χ0v) is 27.0. The van der Waals surface area contributed by atoms with Crippen molar-refractivity contribution >= 4 is 114 Å². The van der Waals surface area contributed by atoms with Crippen LogP contribution in [0.3, 0.4) is 0 Å². The zero-order valence-electron chi connectivity index (χ0n) is 22.1. The molecule has 3 aromatic rings. The van der Waals surface area contributed by atoms with Gasteiger partial charge in [0.1, 0.15) is 19.4 Å². The maximum absolute atomic E-state index is 12.9. The summed E-state index contributed by atoms with van der Waals surface area (Å²) in [6, 6.07) is 11.3. The van der Waals surface area contributed by atoms with Crippen molar-refractivity contribution in [2.75, 3.05) is 25.5 Å². The van der Waals surface area contributed by atoms with Crippen molar-refractivity contribution < 1.29 is 19.1 Å². The Morgan fingerprint density at radius 1 is 0.976 bits per heavy atom. The molecule has 2 saturated heterocycles. The van der Waals surface area contributed by atoms with Crippen LogP contribution in [0, 0.1) is 0 Å². The smallest absolute Gasteiger partial charge is 0.266 e. The Hall–Kier alpha value is -2.95. The molecule has 9 nitrogen and oxygen atoms in total. The summed E-state index contributed by atoms with van der Waals surface area (Å²) in [6.07, 6.45) is 4.75. The number of methoxy groups -OCH3 is 1. The van der Waals surface area contributed by atoms with E-state index in [1.807, 2.05) is 53.9 Å². The minimum Gasteiger partial charge on any atom is -0.497 e. The third-order valence-corrected chi connectivity index (χ3v) is 10.5. The number of carbonyl (C=O) groups is 3. The fourth-order valence-electron chi connectivity index (χ4n) is 3.93. The number of aromatic nitrogens is 2. The molecule has 0 radical (unpaired) electrons. The summed E-state index contributed by atoms with van der Waals surface area (Å²) in [6.45, 7) is 0.718. The molecule has 2 aliphatic heterocycles. The molecule has 42 heavy (non-hydrogen) atoms. The monoisotopic (exact) mass is 673 g/mol. The highest BCUT2D eigenvalue weighted by molar-refractivity contribution is 8.27. The van der Waals surface area contributed by atoms with Crippen LogP contribution in [0.2, 0.25) is 0 Å². The van der Waals surface area contributed by atoms with E-state index in [-0.39, 0.29) is 24.1 Å². The lowest BCUT2D eigenvalue weighted by molar-refractivity contribution is -0.123. The fraction of sp³-hybridized carbons (Fsp3) is 0.222. The van der Waals surface area contributed by atoms with Gasteiger partial charge in [0.2, 0.25) is 11.0 Å². The number of amides is 3. The van der Waals surface area contributed by atoms with Crippen LogP contribution in [-0.4, -0.2) is 66.6 Å². The maximum atomic E-state index is 12.9. The third-order valence-electron chi connectivity index (χ3n) is 6.03. The molecule has 3 amide bonds. The first-order chi connectivity index (χ1) is 20.3. The van der Waals surface area contributed by atoms with Gasteiger partial charge in [-0.1, -0.05) is 77.5 Å². The first-order valence-corrected chi connectivity index (χ1v) is 16.8. The molecule has 0 spiro atoms. The van der Waals surface area contributed by atoms with Crippen LogP contribution in [0.4, 0.5) is 5.13 Å². The number of thiophene rings is 1. The van der Waals surface area contributed by atoms with Crippen molar-refractivity contribution in [3.8, 4) is 5.75 Å². The van der Waals surface area contributed by atoms with Gasteiger partial charge in [-0.3, -0.25) is 24.2 Å². The van der Waals surface area contributed by atoms with E-state index in [9.17, 15) is 14.4 Å². The summed E-state index contributed by atoms with van der Waals surface area (Å²) in [5.74, 6) is 0.233. The molecular formula is C27H23N5O4S6. The van der Waals surface area contributed by atoms with Crippen LogP contribution in [0.5, 0.6) is 5.75 Å². The highest BCUT2D eigenvalue weighted by Gasteiger charge is 2.33. The summed E-state index contributed by atoms with van der Waals surface area (Å²) < 4.78 is 6.16. The minimum absolute atomic E-state index is 0.134. The maximum Gasteiger partial charge on any atom is 0.266 e. The molecule has 0 saturated carbocycles. The number of nitrogens with zero attached hydrogens (tertiary/aromatic N) is 4. The lowest BCUT2D eigenvalue weighted by atomic mass is 10.2. The molecule has 5 rings (SSSR count). The van der Waals surface area contributed by atoms with E-state index in [4.69, 9.17) is 29.2 Å². The quantitative estimate of drug-likeness (QED) is 0.202. The molecule has 0 atom stereocenters. The van der Waals surface area contributed by atoms with Gasteiger partial charge < -0.3 is 10.1 Å². The van der Waals surface area contributed by atoms with Crippen LogP contribution < -0.4 is 10.1 Å². The molecule has 15 heteroatoms. The molecule has 1 N–H and O–H groups in total. The summed E-state index contributed by atoms with van der Waals surface area (Å²) >= 11 is 16.2. The fourth-order valence-corrected chi connectivity index (χ4v) is 8.02. The van der Waals surface area contributed by atoms with Crippen molar-refractivity contribution in [2.24, 2.45) is 0 Å². The van der Waals surface area contributed by atoms with Gasteiger partial charge in [-0.05, 0) is 47.7 Å². The Morgan fingerprint density at radius 3 is 2.33 bits per heavy atom. The molecular weight excluding hydrogens is 651 g/mol. The average molecular weight is 674 g/mol. The standard InChI is InChI=1S/C27H23N5O4S6/c1-36-17-8-6-16(7-9-17)14-19-23(34)32(27(38)40-19)12-10-22-29-30-25(42-22)28-21(33)5-2-11-31-24(35)20(41-26(31)37)15-18-4-3-13-39-18/h3-4,6-9,13-15H,2,5,10-12H2,1H3,(H,28,30,33)/b19-14-,20-15+. The minimum atomic E-state index is -0.224. The van der Waals surface area contributed by atoms with Gasteiger partial charge in [0.15, 0.2) is 0 Å². The van der Waals surface area contributed by atoms with E-state index in [2.05, 4.69) is 15.5 Å². The van der Waals surface area contributed by atoms with Crippen LogP contribution >= 0.6 is 70.6 Å². The van der Waals surface area contributed by atoms with Crippen molar-refractivity contribution in [1.82, 2.24) is 20.0 Å². The Bertz CT molecular complexity index is 1580. The number of hydrogen-bond acceptors (Lipinski definition) is 12. The van der Waals surface area contributed by atoms with E-state index < -0.39 is 0 Å². The van der Waals surface area contributed by atoms with Gasteiger partial charge >= 0.3 is 0 Å². The van der Waals surface area contributed by atoms with Crippen LogP contribution in [0.25, 0.3) is 12.2 Å². The molecule has 1 aromatic carbocycles. The van der Waals surface area contributed by atoms with Crippen LogP contribution in [-0.2, 0) is 20.8 Å². The Balaban J connectivity index is 1.07. The van der Waals surface area contributed by atoms with Crippen molar-refractivity contribution in [1.29, 1.82) is 0 Å². The second-order valence-corrected chi connectivity index (χ2v) is 14.3. The number of nitrogens with one attached hydrogen (secondary N) is 1. The van der Waals surface area contributed by atoms with Crippen molar-refractivity contribution in [3.05, 3.63) is 67.0 Å². The lowest BCUT2D eigenvalue weighted by Crippen LogP contribution is -2.30. The van der Waals surface area contributed by atoms with Gasteiger partial charge in [-0.25, -0.2) is 0 Å². The number of anilines is 1. The number of hydrogen-bond donors (Lipinski definition) is 1. The summed E-state index contributed by atoms with van der Waals surface area (Å²) in [4.78, 5) is 43.4. The number of benzene rings is 1. The number of carbonyl (C=O) groups excluding carboxylic acids is 3.